The maximum atomic E-state index is 12.6. The van der Waals surface area contributed by atoms with Crippen molar-refractivity contribution in [2.75, 3.05) is 25.0 Å². The van der Waals surface area contributed by atoms with E-state index in [0.717, 1.165) is 11.1 Å². The highest BCUT2D eigenvalue weighted by Crippen LogP contribution is 2.21. The van der Waals surface area contributed by atoms with Crippen LogP contribution in [0.4, 0.5) is 10.5 Å². The zero-order chi connectivity index (χ0) is 20.3. The molecule has 150 valence electrons. The van der Waals surface area contributed by atoms with Gasteiger partial charge in [0.15, 0.2) is 6.10 Å². The molecule has 3 rings (SSSR count). The SMILES string of the molecule is Cn1cc(-c2ccc(NC(=O)C3CN(C(=O)OC(C)(C)C)CCO3)cc2)cn1. The Hall–Kier alpha value is -2.87. The number of amides is 2. The van der Waals surface area contributed by atoms with Crippen molar-refractivity contribution in [3.63, 3.8) is 0 Å². The Balaban J connectivity index is 1.58. The van der Waals surface area contributed by atoms with Gasteiger partial charge in [-0.15, -0.1) is 0 Å². The molecule has 1 aliphatic heterocycles. The van der Waals surface area contributed by atoms with Gasteiger partial charge < -0.3 is 19.7 Å². The summed E-state index contributed by atoms with van der Waals surface area (Å²) in [5, 5.41) is 7.00. The predicted molar refractivity (Wildman–Crippen MR) is 105 cm³/mol. The number of nitrogens with one attached hydrogen (secondary N) is 1. The normalized spacial score (nSPS) is 17.3. The summed E-state index contributed by atoms with van der Waals surface area (Å²) in [5.41, 5.74) is 2.10. The van der Waals surface area contributed by atoms with Crippen LogP contribution in [0.3, 0.4) is 0 Å². The molecule has 0 saturated carbocycles. The van der Waals surface area contributed by atoms with E-state index in [9.17, 15) is 9.59 Å². The smallest absolute Gasteiger partial charge is 0.410 e. The molecular formula is C20H26N4O4. The lowest BCUT2D eigenvalue weighted by atomic mass is 10.1. The number of nitrogens with zero attached hydrogens (tertiary/aromatic N) is 3. The quantitative estimate of drug-likeness (QED) is 0.877. The highest BCUT2D eigenvalue weighted by Gasteiger charge is 2.31. The molecule has 0 spiro atoms. The van der Waals surface area contributed by atoms with E-state index < -0.39 is 17.8 Å². The zero-order valence-electron chi connectivity index (χ0n) is 16.6. The average molecular weight is 386 g/mol. The maximum absolute atomic E-state index is 12.6. The lowest BCUT2D eigenvalue weighted by molar-refractivity contribution is -0.132. The van der Waals surface area contributed by atoms with Gasteiger partial charge in [0, 0.05) is 31.0 Å². The third-order valence-electron chi connectivity index (χ3n) is 4.20. The summed E-state index contributed by atoms with van der Waals surface area (Å²) in [4.78, 5) is 26.3. The summed E-state index contributed by atoms with van der Waals surface area (Å²) >= 11 is 0. The first kappa shape index (κ1) is 19.9. The van der Waals surface area contributed by atoms with Crippen molar-refractivity contribution in [1.29, 1.82) is 0 Å². The Morgan fingerprint density at radius 2 is 1.93 bits per heavy atom. The highest BCUT2D eigenvalue weighted by molar-refractivity contribution is 5.95. The van der Waals surface area contributed by atoms with E-state index in [4.69, 9.17) is 9.47 Å². The van der Waals surface area contributed by atoms with E-state index in [1.165, 1.54) is 4.90 Å². The van der Waals surface area contributed by atoms with Gasteiger partial charge in [0.25, 0.3) is 5.91 Å². The van der Waals surface area contributed by atoms with E-state index in [1.807, 2.05) is 58.3 Å². The number of anilines is 1. The van der Waals surface area contributed by atoms with Gasteiger partial charge in [0.2, 0.25) is 0 Å². The van der Waals surface area contributed by atoms with E-state index in [2.05, 4.69) is 10.4 Å². The van der Waals surface area contributed by atoms with Crippen molar-refractivity contribution in [2.24, 2.45) is 7.05 Å². The van der Waals surface area contributed by atoms with E-state index in [1.54, 1.807) is 10.9 Å². The molecule has 0 aliphatic carbocycles. The molecule has 0 bridgehead atoms. The first-order chi connectivity index (χ1) is 13.2. The van der Waals surface area contributed by atoms with Gasteiger partial charge in [-0.25, -0.2) is 4.79 Å². The number of carbonyl (C=O) groups excluding carboxylic acids is 2. The second kappa shape index (κ2) is 8.02. The fourth-order valence-electron chi connectivity index (χ4n) is 2.84. The van der Waals surface area contributed by atoms with Crippen LogP contribution in [0.15, 0.2) is 36.7 Å². The molecule has 1 saturated heterocycles. The first-order valence-corrected chi connectivity index (χ1v) is 9.21. The zero-order valence-corrected chi connectivity index (χ0v) is 16.6. The summed E-state index contributed by atoms with van der Waals surface area (Å²) < 4.78 is 12.7. The molecule has 1 fully saturated rings. The number of ether oxygens (including phenoxy) is 2. The second-order valence-corrected chi connectivity index (χ2v) is 7.76. The van der Waals surface area contributed by atoms with Crippen molar-refractivity contribution in [3.05, 3.63) is 36.7 Å². The Bertz CT molecular complexity index is 839. The van der Waals surface area contributed by atoms with Crippen molar-refractivity contribution < 1.29 is 19.1 Å². The van der Waals surface area contributed by atoms with Crippen LogP contribution >= 0.6 is 0 Å². The second-order valence-electron chi connectivity index (χ2n) is 7.76. The summed E-state index contributed by atoms with van der Waals surface area (Å²) in [6, 6.07) is 7.49. The average Bonchev–Trinajstić information content (AvgIpc) is 3.07. The number of carbonyl (C=O) groups is 2. The third-order valence-corrected chi connectivity index (χ3v) is 4.20. The van der Waals surface area contributed by atoms with Crippen LogP contribution < -0.4 is 5.32 Å². The molecule has 1 atom stereocenters. The molecule has 0 radical (unpaired) electrons. The highest BCUT2D eigenvalue weighted by atomic mass is 16.6. The predicted octanol–water partition coefficient (Wildman–Crippen LogP) is 2.66. The van der Waals surface area contributed by atoms with Gasteiger partial charge in [-0.05, 0) is 38.5 Å². The Kier molecular flexibility index (Phi) is 5.69. The fraction of sp³-hybridized carbons (Fsp3) is 0.450. The Morgan fingerprint density at radius 3 is 2.54 bits per heavy atom. The van der Waals surface area contributed by atoms with Crippen LogP contribution in [-0.2, 0) is 21.3 Å². The van der Waals surface area contributed by atoms with Gasteiger partial charge in [-0.2, -0.15) is 5.10 Å². The van der Waals surface area contributed by atoms with E-state index >= 15 is 0 Å². The molecule has 2 heterocycles. The molecule has 8 nitrogen and oxygen atoms in total. The molecule has 1 aromatic carbocycles. The summed E-state index contributed by atoms with van der Waals surface area (Å²) in [6.45, 7) is 6.28. The first-order valence-electron chi connectivity index (χ1n) is 9.21. The Morgan fingerprint density at radius 1 is 1.21 bits per heavy atom. The van der Waals surface area contributed by atoms with Crippen LogP contribution in [0.25, 0.3) is 11.1 Å². The molecule has 1 unspecified atom stereocenters. The molecular weight excluding hydrogens is 360 g/mol. The van der Waals surface area contributed by atoms with Gasteiger partial charge in [0.05, 0.1) is 19.3 Å². The maximum Gasteiger partial charge on any atom is 0.410 e. The van der Waals surface area contributed by atoms with Gasteiger partial charge in [-0.3, -0.25) is 9.48 Å². The number of hydrogen-bond donors (Lipinski definition) is 1. The lowest BCUT2D eigenvalue weighted by Crippen LogP contribution is -2.51. The van der Waals surface area contributed by atoms with Crippen molar-refractivity contribution >= 4 is 17.7 Å². The minimum Gasteiger partial charge on any atom is -0.444 e. The molecule has 1 N–H and O–H groups in total. The van der Waals surface area contributed by atoms with E-state index in [-0.39, 0.29) is 19.1 Å². The largest absolute Gasteiger partial charge is 0.444 e. The minimum absolute atomic E-state index is 0.161. The summed E-state index contributed by atoms with van der Waals surface area (Å²) in [6.07, 6.45) is 2.54. The van der Waals surface area contributed by atoms with Gasteiger partial charge >= 0.3 is 6.09 Å². The number of rotatable bonds is 3. The number of benzene rings is 1. The molecule has 1 aromatic heterocycles. The topological polar surface area (TPSA) is 85.7 Å². The van der Waals surface area contributed by atoms with Crippen molar-refractivity contribution in [3.8, 4) is 11.1 Å². The number of aromatic nitrogens is 2. The molecule has 28 heavy (non-hydrogen) atoms. The third kappa shape index (κ3) is 5.10. The summed E-state index contributed by atoms with van der Waals surface area (Å²) in [5.74, 6) is -0.289. The van der Waals surface area contributed by atoms with Gasteiger partial charge in [-0.1, -0.05) is 12.1 Å². The van der Waals surface area contributed by atoms with Crippen molar-refractivity contribution in [1.82, 2.24) is 14.7 Å². The summed E-state index contributed by atoms with van der Waals surface area (Å²) in [7, 11) is 1.86. The molecule has 2 amide bonds. The number of morpholine rings is 1. The fourth-order valence-corrected chi connectivity index (χ4v) is 2.84. The van der Waals surface area contributed by atoms with Crippen LogP contribution in [0.2, 0.25) is 0 Å². The Labute approximate surface area is 164 Å². The molecule has 2 aromatic rings. The van der Waals surface area contributed by atoms with E-state index in [0.29, 0.717) is 12.2 Å². The molecule has 1 aliphatic rings. The minimum atomic E-state index is -0.737. The van der Waals surface area contributed by atoms with Crippen LogP contribution in [0, 0.1) is 0 Å². The van der Waals surface area contributed by atoms with Crippen molar-refractivity contribution in [2.45, 2.75) is 32.5 Å². The lowest BCUT2D eigenvalue weighted by Gasteiger charge is -2.33. The standard InChI is InChI=1S/C20H26N4O4/c1-20(2,3)28-19(26)24-9-10-27-17(13-24)18(25)22-16-7-5-14(6-8-16)15-11-21-23(4)12-15/h5-8,11-12,17H,9-10,13H2,1-4H3,(H,22,25). The number of hydrogen-bond acceptors (Lipinski definition) is 5. The number of aryl methyl sites for hydroxylation is 1. The van der Waals surface area contributed by atoms with Gasteiger partial charge in [0.1, 0.15) is 5.60 Å². The monoisotopic (exact) mass is 386 g/mol. The van der Waals surface area contributed by atoms with Crippen LogP contribution in [-0.4, -0.2) is 58.1 Å². The van der Waals surface area contributed by atoms with Crippen LogP contribution in [0.5, 0.6) is 0 Å². The molecule has 8 heteroatoms. The van der Waals surface area contributed by atoms with Crippen LogP contribution in [0.1, 0.15) is 20.8 Å².